The first-order valence-electron chi connectivity index (χ1n) is 8.01. The topological polar surface area (TPSA) is 108 Å². The molecule has 0 radical (unpaired) electrons. The van der Waals surface area contributed by atoms with Gasteiger partial charge in [-0.15, -0.1) is 0 Å². The van der Waals surface area contributed by atoms with Gasteiger partial charge < -0.3 is 15.2 Å². The maximum absolute atomic E-state index is 12.6. The number of urea groups is 1. The molecule has 0 fully saturated rings. The number of benzene rings is 2. The number of esters is 1. The highest BCUT2D eigenvalue weighted by atomic mass is 16.6. The number of primary amides is 1. The minimum absolute atomic E-state index is 0.161. The minimum atomic E-state index is -1.17. The molecule has 0 heterocycles. The lowest BCUT2D eigenvalue weighted by Crippen LogP contribution is -2.45. The first-order valence-corrected chi connectivity index (χ1v) is 8.01. The van der Waals surface area contributed by atoms with Gasteiger partial charge in [0.1, 0.15) is 17.1 Å². The van der Waals surface area contributed by atoms with E-state index in [0.29, 0.717) is 11.5 Å². The normalized spacial score (nSPS) is 11.5. The van der Waals surface area contributed by atoms with Gasteiger partial charge >= 0.3 is 12.0 Å². The van der Waals surface area contributed by atoms with Crippen LogP contribution in [0.3, 0.4) is 0 Å². The van der Waals surface area contributed by atoms with Gasteiger partial charge in [0, 0.05) is 0 Å². The van der Waals surface area contributed by atoms with Crippen molar-refractivity contribution in [3.8, 4) is 11.5 Å². The second kappa shape index (κ2) is 8.66. The molecule has 2 aromatic carbocycles. The highest BCUT2D eigenvalue weighted by Gasteiger charge is 2.29. The molecule has 0 aliphatic rings. The lowest BCUT2D eigenvalue weighted by molar-refractivity contribution is -0.130. The molecule has 7 heteroatoms. The zero-order valence-electron chi connectivity index (χ0n) is 14.5. The molecule has 3 N–H and O–H groups in total. The number of amides is 3. The molecule has 0 saturated heterocycles. The largest absolute Gasteiger partial charge is 0.456 e. The number of carbonyl (C=O) groups is 3. The van der Waals surface area contributed by atoms with Crippen molar-refractivity contribution in [1.82, 2.24) is 5.32 Å². The summed E-state index contributed by atoms with van der Waals surface area (Å²) in [6, 6.07) is 14.5. The smallest absolute Gasteiger partial charge is 0.342 e. The number of para-hydroxylation sites is 2. The van der Waals surface area contributed by atoms with E-state index in [1.807, 2.05) is 11.4 Å². The van der Waals surface area contributed by atoms with E-state index < -0.39 is 24.0 Å². The Morgan fingerprint density at radius 2 is 1.58 bits per heavy atom. The number of hydrogen-bond acceptors (Lipinski definition) is 5. The highest BCUT2D eigenvalue weighted by molar-refractivity contribution is 5.99. The Morgan fingerprint density at radius 1 is 0.962 bits per heavy atom. The van der Waals surface area contributed by atoms with Crippen molar-refractivity contribution in [2.24, 2.45) is 11.7 Å². The van der Waals surface area contributed by atoms with E-state index in [1.165, 1.54) is 6.07 Å². The molecule has 3 amide bonds. The van der Waals surface area contributed by atoms with Crippen LogP contribution in [0.2, 0.25) is 0 Å². The number of hydrogen-bond donors (Lipinski definition) is 2. The molecule has 0 saturated carbocycles. The summed E-state index contributed by atoms with van der Waals surface area (Å²) in [6.45, 7) is 3.37. The molecular weight excluding hydrogens is 336 g/mol. The van der Waals surface area contributed by atoms with Gasteiger partial charge in [-0.1, -0.05) is 44.2 Å². The molecule has 0 aliphatic heterocycles. The van der Waals surface area contributed by atoms with E-state index in [2.05, 4.69) is 0 Å². The summed E-state index contributed by atoms with van der Waals surface area (Å²) in [5, 5.41) is 1.93. The molecule has 7 nitrogen and oxygen atoms in total. The molecule has 0 unspecified atom stereocenters. The molecule has 2 rings (SSSR count). The fourth-order valence-electron chi connectivity index (χ4n) is 2.20. The fourth-order valence-corrected chi connectivity index (χ4v) is 2.20. The van der Waals surface area contributed by atoms with Gasteiger partial charge in [-0.25, -0.2) is 9.59 Å². The number of carbonyl (C=O) groups excluding carboxylic acids is 3. The van der Waals surface area contributed by atoms with Crippen LogP contribution in [0.25, 0.3) is 0 Å². The van der Waals surface area contributed by atoms with Crippen LogP contribution in [0.15, 0.2) is 54.6 Å². The number of imide groups is 1. The van der Waals surface area contributed by atoms with Crippen LogP contribution in [-0.4, -0.2) is 24.0 Å². The third kappa shape index (κ3) is 5.07. The van der Waals surface area contributed by atoms with E-state index in [0.717, 1.165) is 0 Å². The number of nitrogens with two attached hydrogens (primary N) is 1. The van der Waals surface area contributed by atoms with Gasteiger partial charge in [-0.2, -0.15) is 0 Å². The fraction of sp³-hybridized carbons (Fsp3) is 0.211. The van der Waals surface area contributed by atoms with Crippen molar-refractivity contribution in [2.75, 3.05) is 0 Å². The first kappa shape index (κ1) is 19.0. The van der Waals surface area contributed by atoms with E-state index in [1.54, 1.807) is 56.3 Å². The Balaban J connectivity index is 2.20. The summed E-state index contributed by atoms with van der Waals surface area (Å²) in [4.78, 5) is 35.5. The molecule has 0 aliphatic carbocycles. The van der Waals surface area contributed by atoms with Crippen molar-refractivity contribution in [1.29, 1.82) is 0 Å². The van der Waals surface area contributed by atoms with Gasteiger partial charge in [-0.05, 0) is 30.2 Å². The van der Waals surface area contributed by atoms with Crippen LogP contribution < -0.4 is 15.8 Å². The van der Waals surface area contributed by atoms with Gasteiger partial charge in [0.25, 0.3) is 5.91 Å². The Morgan fingerprint density at radius 3 is 2.19 bits per heavy atom. The van der Waals surface area contributed by atoms with Crippen LogP contribution in [0.4, 0.5) is 4.79 Å². The summed E-state index contributed by atoms with van der Waals surface area (Å²) in [5.41, 5.74) is 5.11. The van der Waals surface area contributed by atoms with Crippen molar-refractivity contribution in [3.05, 3.63) is 60.2 Å². The monoisotopic (exact) mass is 356 g/mol. The Kier molecular flexibility index (Phi) is 6.32. The third-order valence-electron chi connectivity index (χ3n) is 3.42. The third-order valence-corrected chi connectivity index (χ3v) is 3.42. The molecular formula is C19H20N2O5. The summed E-state index contributed by atoms with van der Waals surface area (Å²) < 4.78 is 11.0. The number of rotatable bonds is 6. The average molecular weight is 356 g/mol. The van der Waals surface area contributed by atoms with Crippen LogP contribution in [0, 0.1) is 5.92 Å². The van der Waals surface area contributed by atoms with Gasteiger partial charge in [-0.3, -0.25) is 10.1 Å². The maximum atomic E-state index is 12.6. The van der Waals surface area contributed by atoms with Crippen LogP contribution in [0.5, 0.6) is 11.5 Å². The van der Waals surface area contributed by atoms with Crippen molar-refractivity contribution in [3.63, 3.8) is 0 Å². The Bertz CT molecular complexity index is 790. The lowest BCUT2D eigenvalue weighted by atomic mass is 10.1. The predicted molar refractivity (Wildman–Crippen MR) is 94.7 cm³/mol. The van der Waals surface area contributed by atoms with Gasteiger partial charge in [0.2, 0.25) is 0 Å². The number of nitrogens with one attached hydrogen (secondary N) is 1. The van der Waals surface area contributed by atoms with Crippen LogP contribution in [0.1, 0.15) is 24.2 Å². The zero-order chi connectivity index (χ0) is 19.1. The average Bonchev–Trinajstić information content (AvgIpc) is 2.60. The van der Waals surface area contributed by atoms with E-state index in [9.17, 15) is 14.4 Å². The van der Waals surface area contributed by atoms with Crippen molar-refractivity contribution >= 4 is 17.9 Å². The van der Waals surface area contributed by atoms with E-state index in [4.69, 9.17) is 15.2 Å². The zero-order valence-corrected chi connectivity index (χ0v) is 14.5. The molecule has 136 valence electrons. The number of ether oxygens (including phenoxy) is 2. The predicted octanol–water partition coefficient (Wildman–Crippen LogP) is 2.86. The van der Waals surface area contributed by atoms with Crippen molar-refractivity contribution in [2.45, 2.75) is 20.0 Å². The quantitative estimate of drug-likeness (QED) is 0.774. The summed E-state index contributed by atoms with van der Waals surface area (Å²) in [7, 11) is 0. The summed E-state index contributed by atoms with van der Waals surface area (Å²) in [5.74, 6) is -1.03. The summed E-state index contributed by atoms with van der Waals surface area (Å²) >= 11 is 0. The van der Waals surface area contributed by atoms with E-state index in [-0.39, 0.29) is 11.5 Å². The first-order chi connectivity index (χ1) is 12.4. The SMILES string of the molecule is CC(C)[C@H](OC(=O)c1ccccc1Oc1ccccc1)C(=O)NC(N)=O. The van der Waals surface area contributed by atoms with Crippen LogP contribution in [-0.2, 0) is 9.53 Å². The standard InChI is InChI=1S/C19H20N2O5/c1-12(2)16(17(22)21-19(20)24)26-18(23)14-10-6-7-11-15(14)25-13-8-4-3-5-9-13/h3-12,16H,1-2H3,(H3,20,21,22,24)/t16-/m0/s1. The Labute approximate surface area is 151 Å². The van der Waals surface area contributed by atoms with Gasteiger partial charge in [0.15, 0.2) is 6.10 Å². The summed E-state index contributed by atoms with van der Waals surface area (Å²) in [6.07, 6.45) is -1.17. The van der Waals surface area contributed by atoms with Crippen LogP contribution >= 0.6 is 0 Å². The molecule has 1 atom stereocenters. The maximum Gasteiger partial charge on any atom is 0.342 e. The van der Waals surface area contributed by atoms with E-state index >= 15 is 0 Å². The highest BCUT2D eigenvalue weighted by Crippen LogP contribution is 2.26. The Hall–Kier alpha value is -3.35. The molecule has 2 aromatic rings. The van der Waals surface area contributed by atoms with Crippen molar-refractivity contribution < 1.29 is 23.9 Å². The molecule has 26 heavy (non-hydrogen) atoms. The second-order valence-electron chi connectivity index (χ2n) is 5.83. The lowest BCUT2D eigenvalue weighted by Gasteiger charge is -2.20. The van der Waals surface area contributed by atoms with Gasteiger partial charge in [0.05, 0.1) is 0 Å². The second-order valence-corrected chi connectivity index (χ2v) is 5.83. The molecule has 0 spiro atoms. The minimum Gasteiger partial charge on any atom is -0.456 e. The molecule has 0 aromatic heterocycles. The molecule has 0 bridgehead atoms.